The van der Waals surface area contributed by atoms with Gasteiger partial charge in [-0.2, -0.15) is 0 Å². The van der Waals surface area contributed by atoms with Gasteiger partial charge in [-0.25, -0.2) is 13.6 Å². The van der Waals surface area contributed by atoms with E-state index < -0.39 is 10.0 Å². The number of sulfonamides is 1. The number of amides is 1. The second-order valence-corrected chi connectivity index (χ2v) is 8.86. The van der Waals surface area contributed by atoms with Crippen LogP contribution in [0.25, 0.3) is 0 Å². The van der Waals surface area contributed by atoms with Gasteiger partial charge in [0.1, 0.15) is 19.3 Å². The molecule has 4 N–H and O–H groups in total. The monoisotopic (exact) mass is 418 g/mol. The van der Waals surface area contributed by atoms with E-state index in [1.165, 1.54) is 29.2 Å². The van der Waals surface area contributed by atoms with Gasteiger partial charge < -0.3 is 19.7 Å². The van der Waals surface area contributed by atoms with Crippen LogP contribution in [0.5, 0.6) is 11.5 Å². The molecule has 0 spiro atoms. The third kappa shape index (κ3) is 4.52. The first-order chi connectivity index (χ1) is 13.9. The Balaban J connectivity index is 1.41. The van der Waals surface area contributed by atoms with Gasteiger partial charge >= 0.3 is 0 Å². The van der Waals surface area contributed by atoms with E-state index in [2.05, 4.69) is 5.32 Å². The van der Waals surface area contributed by atoms with E-state index in [9.17, 15) is 13.2 Å². The molecule has 9 heteroatoms. The molecule has 0 aromatic heterocycles. The number of nitrogens with two attached hydrogens (primary N) is 1. The summed E-state index contributed by atoms with van der Waals surface area (Å²) in [4.78, 5) is 13.7. The van der Waals surface area contributed by atoms with Crippen molar-refractivity contribution in [2.24, 2.45) is 5.14 Å². The normalized spacial score (nSPS) is 21.0. The summed E-state index contributed by atoms with van der Waals surface area (Å²) < 4.78 is 33.9. The van der Waals surface area contributed by atoms with Gasteiger partial charge in [-0.15, -0.1) is 0 Å². The Morgan fingerprint density at radius 1 is 1.10 bits per heavy atom. The number of rotatable bonds is 5. The Hall–Kier alpha value is -2.62. The molecule has 154 valence electrons. The molecule has 0 radical (unpaired) electrons. The van der Waals surface area contributed by atoms with Gasteiger partial charge in [-0.3, -0.25) is 4.79 Å². The lowest BCUT2D eigenvalue weighted by Crippen LogP contribution is -3.11. The number of quaternary nitrogens is 1. The molecule has 2 aliphatic heterocycles. The van der Waals surface area contributed by atoms with E-state index in [1.54, 1.807) is 0 Å². The Morgan fingerprint density at radius 2 is 1.83 bits per heavy atom. The summed E-state index contributed by atoms with van der Waals surface area (Å²) >= 11 is 0. The predicted octanol–water partition coefficient (Wildman–Crippen LogP) is 0.464. The molecule has 1 amide bonds. The number of carbonyl (C=O) groups is 1. The van der Waals surface area contributed by atoms with E-state index >= 15 is 0 Å². The highest BCUT2D eigenvalue weighted by molar-refractivity contribution is 7.89. The Bertz CT molecular complexity index is 1010. The number of anilines is 1. The molecule has 1 unspecified atom stereocenters. The van der Waals surface area contributed by atoms with Gasteiger partial charge in [-0.05, 0) is 42.5 Å². The van der Waals surface area contributed by atoms with Crippen LogP contribution in [0.2, 0.25) is 0 Å². The van der Waals surface area contributed by atoms with Gasteiger partial charge in [0.15, 0.2) is 18.0 Å². The Morgan fingerprint density at radius 3 is 2.55 bits per heavy atom. The Labute approximate surface area is 169 Å². The molecule has 4 rings (SSSR count). The Kier molecular flexibility index (Phi) is 5.44. The number of fused-ring (bicyclic) bond motifs is 1. The highest BCUT2D eigenvalue weighted by atomic mass is 32.2. The zero-order valence-electron chi connectivity index (χ0n) is 15.9. The molecule has 1 saturated heterocycles. The van der Waals surface area contributed by atoms with Crippen LogP contribution in [-0.2, 0) is 14.8 Å². The molecule has 0 aliphatic carbocycles. The third-order valence-corrected chi connectivity index (χ3v) is 6.24. The van der Waals surface area contributed by atoms with Gasteiger partial charge in [0.25, 0.3) is 5.91 Å². The zero-order chi connectivity index (χ0) is 20.4. The van der Waals surface area contributed by atoms with Crippen LogP contribution in [0.4, 0.5) is 5.69 Å². The first-order valence-corrected chi connectivity index (χ1v) is 11.1. The molecule has 0 bridgehead atoms. The fraction of sp³-hybridized carbons (Fsp3) is 0.350. The molecule has 2 aromatic rings. The average molecular weight is 418 g/mol. The summed E-state index contributed by atoms with van der Waals surface area (Å²) in [6, 6.07) is 12.1. The van der Waals surface area contributed by atoms with E-state index in [1.807, 2.05) is 18.2 Å². The lowest BCUT2D eigenvalue weighted by atomic mass is 10.0. The summed E-state index contributed by atoms with van der Waals surface area (Å²) in [6.45, 7) is 2.35. The predicted molar refractivity (Wildman–Crippen MR) is 107 cm³/mol. The highest BCUT2D eigenvalue weighted by Crippen LogP contribution is 2.33. The average Bonchev–Trinajstić information content (AvgIpc) is 3.15. The van der Waals surface area contributed by atoms with Crippen molar-refractivity contribution >= 4 is 21.6 Å². The van der Waals surface area contributed by atoms with E-state index in [0.717, 1.165) is 36.4 Å². The third-order valence-electron chi connectivity index (χ3n) is 5.31. The number of benzene rings is 2. The van der Waals surface area contributed by atoms with Crippen molar-refractivity contribution < 1.29 is 27.6 Å². The number of carbonyl (C=O) groups excluding carboxylic acids is 1. The SMILES string of the molecule is NS(=O)(=O)c1ccc(NC(=O)C[NH+]2CCC[C@@H]2c2ccc3c(c2)OCCO3)cc1. The van der Waals surface area contributed by atoms with Crippen molar-refractivity contribution in [2.45, 2.75) is 23.8 Å². The van der Waals surface area contributed by atoms with Crippen molar-refractivity contribution in [1.29, 1.82) is 0 Å². The van der Waals surface area contributed by atoms with Gasteiger partial charge in [0.2, 0.25) is 10.0 Å². The number of hydrogen-bond acceptors (Lipinski definition) is 5. The van der Waals surface area contributed by atoms with Crippen LogP contribution < -0.4 is 24.8 Å². The van der Waals surface area contributed by atoms with Crippen LogP contribution >= 0.6 is 0 Å². The lowest BCUT2D eigenvalue weighted by Gasteiger charge is -2.24. The standard InChI is InChI=1S/C20H23N3O5S/c21-29(25,26)16-6-4-15(5-7-16)22-20(24)13-23-9-1-2-17(23)14-3-8-18-19(12-14)28-11-10-27-18/h3-8,12,17H,1-2,9-11,13H2,(H,22,24)(H2,21,25,26)/p+1/t17-/m1/s1. The van der Waals surface area contributed by atoms with Crippen molar-refractivity contribution in [3.8, 4) is 11.5 Å². The number of nitrogens with one attached hydrogen (secondary N) is 2. The van der Waals surface area contributed by atoms with Crippen molar-refractivity contribution in [3.05, 3.63) is 48.0 Å². The molecular formula is C20H24N3O5S+. The fourth-order valence-corrected chi connectivity index (χ4v) is 4.46. The van der Waals surface area contributed by atoms with Crippen molar-refractivity contribution in [2.75, 3.05) is 31.6 Å². The minimum absolute atomic E-state index is 0.0133. The van der Waals surface area contributed by atoms with Crippen LogP contribution in [0, 0.1) is 0 Å². The molecule has 2 atom stereocenters. The summed E-state index contributed by atoms with van der Waals surface area (Å²) in [5.74, 6) is 1.41. The molecular weight excluding hydrogens is 394 g/mol. The minimum Gasteiger partial charge on any atom is -0.486 e. The van der Waals surface area contributed by atoms with Crippen LogP contribution in [0.3, 0.4) is 0 Å². The quantitative estimate of drug-likeness (QED) is 0.653. The second-order valence-electron chi connectivity index (χ2n) is 7.30. The van der Waals surface area contributed by atoms with Crippen molar-refractivity contribution in [3.63, 3.8) is 0 Å². The molecule has 2 aliphatic rings. The van der Waals surface area contributed by atoms with E-state index in [-0.39, 0.29) is 16.8 Å². The van der Waals surface area contributed by atoms with Crippen LogP contribution in [-0.4, -0.2) is 40.6 Å². The van der Waals surface area contributed by atoms with Gasteiger partial charge in [0, 0.05) is 24.1 Å². The molecule has 29 heavy (non-hydrogen) atoms. The van der Waals surface area contributed by atoms with Gasteiger partial charge in [-0.1, -0.05) is 0 Å². The van der Waals surface area contributed by atoms with E-state index in [4.69, 9.17) is 14.6 Å². The first kappa shape index (κ1) is 19.7. The fourth-order valence-electron chi connectivity index (χ4n) is 3.94. The first-order valence-electron chi connectivity index (χ1n) is 9.57. The van der Waals surface area contributed by atoms with E-state index in [0.29, 0.717) is 25.4 Å². The summed E-state index contributed by atoms with van der Waals surface area (Å²) in [7, 11) is -3.75. The maximum Gasteiger partial charge on any atom is 0.279 e. The van der Waals surface area contributed by atoms with Gasteiger partial charge in [0.05, 0.1) is 11.4 Å². The maximum atomic E-state index is 12.5. The number of primary sulfonamides is 1. The summed E-state index contributed by atoms with van der Waals surface area (Å²) in [5, 5.41) is 7.92. The smallest absolute Gasteiger partial charge is 0.279 e. The largest absolute Gasteiger partial charge is 0.486 e. The molecule has 1 fully saturated rings. The lowest BCUT2D eigenvalue weighted by molar-refractivity contribution is -0.910. The summed E-state index contributed by atoms with van der Waals surface area (Å²) in [6.07, 6.45) is 2.05. The topological polar surface area (TPSA) is 112 Å². The zero-order valence-corrected chi connectivity index (χ0v) is 16.7. The molecule has 0 saturated carbocycles. The highest BCUT2D eigenvalue weighted by Gasteiger charge is 2.32. The molecule has 2 heterocycles. The number of hydrogen-bond donors (Lipinski definition) is 3. The van der Waals surface area contributed by atoms with Crippen LogP contribution in [0.15, 0.2) is 47.4 Å². The minimum atomic E-state index is -3.75. The summed E-state index contributed by atoms with van der Waals surface area (Å²) in [5.41, 5.74) is 1.68. The molecule has 2 aromatic carbocycles. The molecule has 8 nitrogen and oxygen atoms in total. The number of ether oxygens (including phenoxy) is 2. The number of likely N-dealkylation sites (tertiary alicyclic amines) is 1. The van der Waals surface area contributed by atoms with Crippen molar-refractivity contribution in [1.82, 2.24) is 0 Å². The van der Waals surface area contributed by atoms with Crippen LogP contribution in [0.1, 0.15) is 24.4 Å². The maximum absolute atomic E-state index is 12.5. The second kappa shape index (κ2) is 8.02.